The first-order valence-corrected chi connectivity index (χ1v) is 5.99. The van der Waals surface area contributed by atoms with E-state index in [0.29, 0.717) is 6.54 Å². The van der Waals surface area contributed by atoms with Crippen LogP contribution in [0.3, 0.4) is 0 Å². The molecule has 0 aliphatic heterocycles. The van der Waals surface area contributed by atoms with E-state index >= 15 is 0 Å². The molecule has 0 saturated heterocycles. The summed E-state index contributed by atoms with van der Waals surface area (Å²) in [4.78, 5) is 0. The van der Waals surface area contributed by atoms with Gasteiger partial charge in [0.1, 0.15) is 5.82 Å². The highest BCUT2D eigenvalue weighted by Crippen LogP contribution is 2.16. The summed E-state index contributed by atoms with van der Waals surface area (Å²) in [5, 5.41) is 7.55. The lowest BCUT2D eigenvalue weighted by molar-refractivity contribution is 0.423. The zero-order chi connectivity index (χ0) is 13.2. The van der Waals surface area contributed by atoms with Crippen molar-refractivity contribution >= 4 is 0 Å². The topological polar surface area (TPSA) is 29.9 Å². The second-order valence-electron chi connectivity index (χ2n) is 5.33. The van der Waals surface area contributed by atoms with Crippen molar-refractivity contribution in [3.8, 4) is 5.69 Å². The Bertz CT molecular complexity index is 512. The molecule has 96 valence electrons. The van der Waals surface area contributed by atoms with Crippen molar-refractivity contribution in [1.29, 1.82) is 0 Å². The normalized spacial score (nSPS) is 11.8. The second kappa shape index (κ2) is 4.90. The van der Waals surface area contributed by atoms with Gasteiger partial charge < -0.3 is 5.32 Å². The van der Waals surface area contributed by atoms with E-state index in [1.54, 1.807) is 23.0 Å². The minimum atomic E-state index is -0.225. The fraction of sp³-hybridized carbons (Fsp3) is 0.357. The molecular formula is C14H18FN3. The number of hydrogen-bond donors (Lipinski definition) is 1. The van der Waals surface area contributed by atoms with Crippen LogP contribution < -0.4 is 5.32 Å². The highest BCUT2D eigenvalue weighted by Gasteiger charge is 2.12. The fourth-order valence-electron chi connectivity index (χ4n) is 1.69. The van der Waals surface area contributed by atoms with Crippen molar-refractivity contribution < 1.29 is 4.39 Å². The van der Waals surface area contributed by atoms with Crippen molar-refractivity contribution in [3.63, 3.8) is 0 Å². The van der Waals surface area contributed by atoms with Crippen molar-refractivity contribution in [2.75, 3.05) is 0 Å². The fourth-order valence-corrected chi connectivity index (χ4v) is 1.69. The maximum Gasteiger partial charge on any atom is 0.123 e. The summed E-state index contributed by atoms with van der Waals surface area (Å²) in [6.45, 7) is 6.86. The van der Waals surface area contributed by atoms with Crippen LogP contribution in [0, 0.1) is 5.82 Å². The van der Waals surface area contributed by atoms with Crippen LogP contribution in [0.4, 0.5) is 4.39 Å². The van der Waals surface area contributed by atoms with Crippen LogP contribution in [-0.2, 0) is 6.54 Å². The van der Waals surface area contributed by atoms with Crippen molar-refractivity contribution in [2.24, 2.45) is 0 Å². The third kappa shape index (κ3) is 3.17. The Kier molecular flexibility index (Phi) is 3.48. The lowest BCUT2D eigenvalue weighted by Gasteiger charge is -2.21. The molecule has 0 amide bonds. The van der Waals surface area contributed by atoms with Gasteiger partial charge in [-0.2, -0.15) is 5.10 Å². The van der Waals surface area contributed by atoms with Crippen LogP contribution in [0.1, 0.15) is 26.3 Å². The number of nitrogens with zero attached hydrogens (tertiary/aromatic N) is 2. The molecule has 0 bridgehead atoms. The van der Waals surface area contributed by atoms with E-state index in [0.717, 1.165) is 11.3 Å². The smallest absolute Gasteiger partial charge is 0.123 e. The van der Waals surface area contributed by atoms with Gasteiger partial charge in [0.15, 0.2) is 0 Å². The molecule has 2 rings (SSSR count). The van der Waals surface area contributed by atoms with E-state index in [1.165, 1.54) is 6.07 Å². The molecule has 0 saturated carbocycles. The molecule has 4 heteroatoms. The predicted molar refractivity (Wildman–Crippen MR) is 70.1 cm³/mol. The molecule has 0 spiro atoms. The minimum Gasteiger partial charge on any atom is -0.308 e. The number of hydrogen-bond acceptors (Lipinski definition) is 2. The van der Waals surface area contributed by atoms with Crippen LogP contribution in [0.5, 0.6) is 0 Å². The van der Waals surface area contributed by atoms with Gasteiger partial charge in [0.05, 0.1) is 5.69 Å². The molecule has 18 heavy (non-hydrogen) atoms. The van der Waals surface area contributed by atoms with Crippen LogP contribution in [0.2, 0.25) is 0 Å². The second-order valence-corrected chi connectivity index (χ2v) is 5.33. The van der Waals surface area contributed by atoms with Gasteiger partial charge in [-0.3, -0.25) is 0 Å². The van der Waals surface area contributed by atoms with E-state index in [-0.39, 0.29) is 11.4 Å². The summed E-state index contributed by atoms with van der Waals surface area (Å²) < 4.78 is 15.1. The molecule has 0 aliphatic rings. The molecular weight excluding hydrogens is 229 g/mol. The van der Waals surface area contributed by atoms with E-state index in [9.17, 15) is 4.39 Å². The Morgan fingerprint density at radius 1 is 1.33 bits per heavy atom. The van der Waals surface area contributed by atoms with Crippen LogP contribution in [0.25, 0.3) is 5.69 Å². The number of benzene rings is 1. The average molecular weight is 247 g/mol. The Morgan fingerprint density at radius 2 is 2.11 bits per heavy atom. The van der Waals surface area contributed by atoms with Crippen LogP contribution in [-0.4, -0.2) is 15.3 Å². The first kappa shape index (κ1) is 12.8. The molecule has 1 N–H and O–H groups in total. The Morgan fingerprint density at radius 3 is 2.72 bits per heavy atom. The van der Waals surface area contributed by atoms with Gasteiger partial charge in [0.25, 0.3) is 0 Å². The monoisotopic (exact) mass is 247 g/mol. The molecule has 1 heterocycles. The minimum absolute atomic E-state index is 0.00625. The van der Waals surface area contributed by atoms with Gasteiger partial charge in [0.2, 0.25) is 0 Å². The number of halogens is 1. The first-order valence-electron chi connectivity index (χ1n) is 5.99. The van der Waals surface area contributed by atoms with Gasteiger partial charge in [0, 0.05) is 24.5 Å². The van der Waals surface area contributed by atoms with E-state index in [1.807, 2.05) is 12.3 Å². The van der Waals surface area contributed by atoms with Crippen LogP contribution >= 0.6 is 0 Å². The van der Waals surface area contributed by atoms with Gasteiger partial charge in [-0.1, -0.05) is 0 Å². The molecule has 0 atom stereocenters. The zero-order valence-electron chi connectivity index (χ0n) is 10.9. The number of aromatic nitrogens is 2. The first-order chi connectivity index (χ1) is 8.46. The number of nitrogens with one attached hydrogen (secondary N) is 1. The molecule has 0 radical (unpaired) electrons. The summed E-state index contributed by atoms with van der Waals surface area (Å²) in [5.41, 5.74) is 1.79. The number of rotatable bonds is 3. The third-order valence-electron chi connectivity index (χ3n) is 2.60. The van der Waals surface area contributed by atoms with Gasteiger partial charge in [-0.25, -0.2) is 9.07 Å². The van der Waals surface area contributed by atoms with Crippen molar-refractivity contribution in [3.05, 3.63) is 48.0 Å². The molecule has 1 aromatic carbocycles. The molecule has 3 nitrogen and oxygen atoms in total. The van der Waals surface area contributed by atoms with E-state index in [4.69, 9.17) is 0 Å². The maximum atomic E-state index is 13.4. The average Bonchev–Trinajstić information content (AvgIpc) is 2.79. The third-order valence-corrected chi connectivity index (χ3v) is 2.60. The molecule has 0 fully saturated rings. The molecule has 0 aliphatic carbocycles. The van der Waals surface area contributed by atoms with E-state index in [2.05, 4.69) is 31.2 Å². The van der Waals surface area contributed by atoms with E-state index < -0.39 is 0 Å². The van der Waals surface area contributed by atoms with Crippen LogP contribution in [0.15, 0.2) is 36.7 Å². The zero-order valence-corrected chi connectivity index (χ0v) is 10.9. The standard InChI is InChI=1S/C14H18FN3/c1-14(2,3)16-10-11-9-12(15)5-6-13(11)18-8-4-7-17-18/h4-9,16H,10H2,1-3H3. The summed E-state index contributed by atoms with van der Waals surface area (Å²) >= 11 is 0. The lowest BCUT2D eigenvalue weighted by atomic mass is 10.1. The van der Waals surface area contributed by atoms with Gasteiger partial charge in [-0.05, 0) is 50.6 Å². The Balaban J connectivity index is 2.30. The quantitative estimate of drug-likeness (QED) is 0.903. The maximum absolute atomic E-state index is 13.4. The summed E-state index contributed by atoms with van der Waals surface area (Å²) in [6.07, 6.45) is 3.57. The highest BCUT2D eigenvalue weighted by molar-refractivity contribution is 5.40. The van der Waals surface area contributed by atoms with Crippen molar-refractivity contribution in [2.45, 2.75) is 32.9 Å². The van der Waals surface area contributed by atoms with Gasteiger partial charge >= 0.3 is 0 Å². The van der Waals surface area contributed by atoms with Crippen molar-refractivity contribution in [1.82, 2.24) is 15.1 Å². The molecule has 1 aromatic heterocycles. The van der Waals surface area contributed by atoms with Gasteiger partial charge in [-0.15, -0.1) is 0 Å². The molecule has 2 aromatic rings. The SMILES string of the molecule is CC(C)(C)NCc1cc(F)ccc1-n1cccn1. The Labute approximate surface area is 107 Å². The summed E-state index contributed by atoms with van der Waals surface area (Å²) in [5.74, 6) is -0.225. The lowest BCUT2D eigenvalue weighted by Crippen LogP contribution is -2.35. The summed E-state index contributed by atoms with van der Waals surface area (Å²) in [7, 11) is 0. The Hall–Kier alpha value is -1.68. The summed E-state index contributed by atoms with van der Waals surface area (Å²) in [6, 6.07) is 6.61. The largest absolute Gasteiger partial charge is 0.308 e. The molecule has 0 unspecified atom stereocenters. The predicted octanol–water partition coefficient (Wildman–Crippen LogP) is 2.90. The highest BCUT2D eigenvalue weighted by atomic mass is 19.1.